The lowest BCUT2D eigenvalue weighted by molar-refractivity contribution is -0.106. The Morgan fingerprint density at radius 3 is 2.90 bits per heavy atom. The van der Waals surface area contributed by atoms with Crippen molar-refractivity contribution in [3.05, 3.63) is 0 Å². The van der Waals surface area contributed by atoms with Crippen LogP contribution in [0.3, 0.4) is 0 Å². The van der Waals surface area contributed by atoms with Crippen LogP contribution in [0.1, 0.15) is 19.8 Å². The Hall–Kier alpha value is -0.700. The summed E-state index contributed by atoms with van der Waals surface area (Å²) in [5.41, 5.74) is 0. The lowest BCUT2D eigenvalue weighted by Gasteiger charge is -2.00. The van der Waals surface area contributed by atoms with Crippen molar-refractivity contribution in [2.45, 2.75) is 25.9 Å². The Bertz CT molecular complexity index is 112. The number of aliphatic hydroxyl groups is 1. The molecule has 0 radical (unpaired) electrons. The van der Waals surface area contributed by atoms with Gasteiger partial charge in [-0.15, -0.1) is 0 Å². The number of nitrogens with zero attached hydrogens (tertiary/aromatic N) is 1. The molecule has 0 aliphatic carbocycles. The second-order valence-electron chi connectivity index (χ2n) is 2.01. The van der Waals surface area contributed by atoms with Crippen molar-refractivity contribution in [3.8, 4) is 0 Å². The van der Waals surface area contributed by atoms with Crippen LogP contribution in [0.5, 0.6) is 0 Å². The fourth-order valence-corrected chi connectivity index (χ4v) is 0.443. The van der Waals surface area contributed by atoms with E-state index in [1.807, 2.05) is 6.92 Å². The largest absolute Gasteiger partial charge is 0.391 e. The lowest BCUT2D eigenvalue weighted by atomic mass is 10.3. The summed E-state index contributed by atoms with van der Waals surface area (Å²) in [4.78, 5) is 13.6. The molecular weight excluding hydrogens is 130 g/mol. The summed E-state index contributed by atoms with van der Waals surface area (Å²) in [5, 5.41) is 8.96. The van der Waals surface area contributed by atoms with E-state index in [-0.39, 0.29) is 6.10 Å². The number of aliphatic hydroxyl groups excluding tert-OH is 1. The van der Waals surface area contributed by atoms with Gasteiger partial charge >= 0.3 is 0 Å². The van der Waals surface area contributed by atoms with Crippen LogP contribution in [0.25, 0.3) is 0 Å². The highest BCUT2D eigenvalue weighted by atomic mass is 16.3. The van der Waals surface area contributed by atoms with E-state index in [1.54, 1.807) is 0 Å². The molecule has 0 saturated carbocycles. The van der Waals surface area contributed by atoms with Gasteiger partial charge in [0.05, 0.1) is 12.6 Å². The van der Waals surface area contributed by atoms with Crippen LogP contribution in [0.15, 0.2) is 4.99 Å². The number of hydrogen-bond acceptors (Lipinski definition) is 3. The Morgan fingerprint density at radius 2 is 2.40 bits per heavy atom. The summed E-state index contributed by atoms with van der Waals surface area (Å²) < 4.78 is 0. The summed E-state index contributed by atoms with van der Waals surface area (Å²) in [5.74, 6) is 0. The van der Waals surface area contributed by atoms with Gasteiger partial charge in [-0.05, 0) is 6.42 Å². The number of hydrogen-bond donors (Lipinski definition) is 1. The van der Waals surface area contributed by atoms with E-state index < -0.39 is 0 Å². The molecule has 0 spiro atoms. The highest BCUT2D eigenvalue weighted by Crippen LogP contribution is 1.88. The molecule has 0 amide bonds. The Balaban J connectivity index is 3.24. The first-order chi connectivity index (χ1) is 4.81. The molecule has 1 unspecified atom stereocenters. The van der Waals surface area contributed by atoms with Gasteiger partial charge in [0.15, 0.2) is 0 Å². The highest BCUT2D eigenvalue weighted by Gasteiger charge is 1.94. The minimum Gasteiger partial charge on any atom is -0.391 e. The molecule has 1 N–H and O–H groups in total. The first-order valence-corrected chi connectivity index (χ1v) is 3.41. The van der Waals surface area contributed by atoms with Gasteiger partial charge in [-0.3, -0.25) is 4.99 Å². The molecule has 0 rings (SSSR count). The Kier molecular flexibility index (Phi) is 5.97. The zero-order valence-electron chi connectivity index (χ0n) is 6.16. The summed E-state index contributed by atoms with van der Waals surface area (Å²) >= 11 is 0. The molecule has 0 aliphatic rings. The molecule has 1 atom stereocenters. The predicted octanol–water partition coefficient (Wildman–Crippen LogP) is 0.417. The number of carbonyl (C=O) groups excluding carboxylic acids is 1. The maximum Gasteiger partial charge on any atom is 0.125 e. The standard InChI is InChI=1S/C7H13NO2/c1-2-7(10)6-8-4-3-5-9/h4-5,7,10H,2-3,6H2,1H3. The molecule has 3 heteroatoms. The molecule has 0 aromatic carbocycles. The summed E-state index contributed by atoms with van der Waals surface area (Å²) in [6.45, 7) is 2.30. The Morgan fingerprint density at radius 1 is 1.70 bits per heavy atom. The Labute approximate surface area is 60.8 Å². The van der Waals surface area contributed by atoms with E-state index in [1.165, 1.54) is 6.21 Å². The second-order valence-corrected chi connectivity index (χ2v) is 2.01. The zero-order chi connectivity index (χ0) is 7.82. The van der Waals surface area contributed by atoms with E-state index in [0.29, 0.717) is 19.4 Å². The molecule has 0 fully saturated rings. The average molecular weight is 143 g/mol. The summed E-state index contributed by atoms with van der Waals surface area (Å²) in [6.07, 6.45) is 2.99. The van der Waals surface area contributed by atoms with Crippen LogP contribution in [-0.2, 0) is 4.79 Å². The van der Waals surface area contributed by atoms with Gasteiger partial charge in [0.2, 0.25) is 0 Å². The van der Waals surface area contributed by atoms with Gasteiger partial charge < -0.3 is 9.90 Å². The van der Waals surface area contributed by atoms with Gasteiger partial charge in [0.25, 0.3) is 0 Å². The predicted molar refractivity (Wildman–Crippen MR) is 40.3 cm³/mol. The van der Waals surface area contributed by atoms with Gasteiger partial charge in [0.1, 0.15) is 6.29 Å². The lowest BCUT2D eigenvalue weighted by Crippen LogP contribution is -2.08. The van der Waals surface area contributed by atoms with Gasteiger partial charge in [0, 0.05) is 12.6 Å². The molecule has 3 nitrogen and oxygen atoms in total. The normalized spacial score (nSPS) is 13.8. The molecule has 0 aliphatic heterocycles. The highest BCUT2D eigenvalue weighted by molar-refractivity contribution is 5.76. The van der Waals surface area contributed by atoms with Gasteiger partial charge in [-0.25, -0.2) is 0 Å². The quantitative estimate of drug-likeness (QED) is 0.448. The van der Waals surface area contributed by atoms with Crippen molar-refractivity contribution >= 4 is 12.5 Å². The van der Waals surface area contributed by atoms with Crippen molar-refractivity contribution in [2.24, 2.45) is 4.99 Å². The number of rotatable bonds is 5. The van der Waals surface area contributed by atoms with Crippen molar-refractivity contribution < 1.29 is 9.90 Å². The fourth-order valence-electron chi connectivity index (χ4n) is 0.443. The third-order valence-corrected chi connectivity index (χ3v) is 1.12. The molecule has 0 bridgehead atoms. The number of aliphatic imine (C=N–C) groups is 1. The molecule has 0 aromatic rings. The molecular formula is C7H13NO2. The fraction of sp³-hybridized carbons (Fsp3) is 0.714. The van der Waals surface area contributed by atoms with E-state index in [2.05, 4.69) is 4.99 Å². The van der Waals surface area contributed by atoms with E-state index >= 15 is 0 Å². The zero-order valence-corrected chi connectivity index (χ0v) is 6.16. The molecule has 10 heavy (non-hydrogen) atoms. The van der Waals surface area contributed by atoms with Crippen LogP contribution in [0.2, 0.25) is 0 Å². The minimum absolute atomic E-state index is 0.344. The monoisotopic (exact) mass is 143 g/mol. The maximum atomic E-state index is 9.77. The first kappa shape index (κ1) is 9.30. The molecule has 0 heterocycles. The van der Waals surface area contributed by atoms with Crippen molar-refractivity contribution in [2.75, 3.05) is 6.54 Å². The maximum absolute atomic E-state index is 9.77. The number of carbonyl (C=O) groups is 1. The molecule has 58 valence electrons. The second kappa shape index (κ2) is 6.42. The van der Waals surface area contributed by atoms with Crippen LogP contribution in [-0.4, -0.2) is 30.3 Å². The van der Waals surface area contributed by atoms with Crippen LogP contribution >= 0.6 is 0 Å². The van der Waals surface area contributed by atoms with Gasteiger partial charge in [-0.2, -0.15) is 0 Å². The third-order valence-electron chi connectivity index (χ3n) is 1.12. The van der Waals surface area contributed by atoms with Crippen molar-refractivity contribution in [1.29, 1.82) is 0 Å². The van der Waals surface area contributed by atoms with E-state index in [9.17, 15) is 4.79 Å². The van der Waals surface area contributed by atoms with Gasteiger partial charge in [-0.1, -0.05) is 6.92 Å². The SMILES string of the molecule is CCC(O)CN=CCC=O. The third kappa shape index (κ3) is 5.44. The minimum atomic E-state index is -0.358. The molecule has 0 saturated heterocycles. The molecule has 0 aromatic heterocycles. The number of aldehydes is 1. The van der Waals surface area contributed by atoms with Crippen molar-refractivity contribution in [3.63, 3.8) is 0 Å². The first-order valence-electron chi connectivity index (χ1n) is 3.41. The van der Waals surface area contributed by atoms with E-state index in [0.717, 1.165) is 6.29 Å². The van der Waals surface area contributed by atoms with E-state index in [4.69, 9.17) is 5.11 Å². The summed E-state index contributed by atoms with van der Waals surface area (Å²) in [7, 11) is 0. The van der Waals surface area contributed by atoms with Crippen LogP contribution < -0.4 is 0 Å². The topological polar surface area (TPSA) is 49.7 Å². The smallest absolute Gasteiger partial charge is 0.125 e. The van der Waals surface area contributed by atoms with Crippen LogP contribution in [0.4, 0.5) is 0 Å². The van der Waals surface area contributed by atoms with Crippen LogP contribution in [0, 0.1) is 0 Å². The summed E-state index contributed by atoms with van der Waals surface area (Å²) in [6, 6.07) is 0. The van der Waals surface area contributed by atoms with Crippen molar-refractivity contribution in [1.82, 2.24) is 0 Å². The average Bonchev–Trinajstić information content (AvgIpc) is 1.98.